The fourth-order valence-corrected chi connectivity index (χ4v) is 5.37. The summed E-state index contributed by atoms with van der Waals surface area (Å²) in [7, 11) is -2.71. The van der Waals surface area contributed by atoms with Gasteiger partial charge in [0.15, 0.2) is 9.84 Å². The largest absolute Gasteiger partial charge is 0.453 e. The second-order valence-electron chi connectivity index (χ2n) is 6.65. The molecule has 2 atom stereocenters. The van der Waals surface area contributed by atoms with Crippen molar-refractivity contribution < 1.29 is 22.7 Å². The minimum Gasteiger partial charge on any atom is -0.453 e. The Hall–Kier alpha value is -2.31. The average molecular weight is 412 g/mol. The molecular formula is C17H18ClN3O5S. The van der Waals surface area contributed by atoms with Gasteiger partial charge in [-0.1, -0.05) is 23.7 Å². The Bertz CT molecular complexity index is 923. The van der Waals surface area contributed by atoms with Crippen LogP contribution in [0.15, 0.2) is 29.2 Å². The smallest absolute Gasteiger partial charge is 0.410 e. The lowest BCUT2D eigenvalue weighted by Gasteiger charge is -2.23. The van der Waals surface area contributed by atoms with Gasteiger partial charge in [-0.15, -0.1) is 0 Å². The van der Waals surface area contributed by atoms with Gasteiger partial charge in [-0.25, -0.2) is 13.2 Å². The van der Waals surface area contributed by atoms with Crippen LogP contribution in [0.3, 0.4) is 0 Å². The number of ether oxygens (including phenoxy) is 1. The summed E-state index contributed by atoms with van der Waals surface area (Å²) in [6, 6.07) is 7.03. The fourth-order valence-electron chi connectivity index (χ4n) is 3.15. The molecule has 1 aliphatic heterocycles. The predicted molar refractivity (Wildman–Crippen MR) is 95.7 cm³/mol. The summed E-state index contributed by atoms with van der Waals surface area (Å²) in [6.07, 6.45) is 0.160. The van der Waals surface area contributed by atoms with Crippen molar-refractivity contribution in [2.75, 3.05) is 13.7 Å². The van der Waals surface area contributed by atoms with Crippen LogP contribution in [-0.2, 0) is 19.4 Å². The minimum absolute atomic E-state index is 0.0433. The highest BCUT2D eigenvalue weighted by atomic mass is 35.5. The summed E-state index contributed by atoms with van der Waals surface area (Å²) in [5, 5.41) is 10.8. The highest BCUT2D eigenvalue weighted by Gasteiger charge is 2.50. The number of rotatable bonds is 4. The molecule has 1 saturated heterocycles. The second-order valence-corrected chi connectivity index (χ2v) is 9.26. The van der Waals surface area contributed by atoms with Gasteiger partial charge < -0.3 is 10.1 Å². The Morgan fingerprint density at radius 1 is 1.37 bits per heavy atom. The third-order valence-electron chi connectivity index (χ3n) is 4.88. The van der Waals surface area contributed by atoms with Crippen LogP contribution in [-0.4, -0.2) is 55.8 Å². The molecule has 1 saturated carbocycles. The van der Waals surface area contributed by atoms with Gasteiger partial charge in [0.2, 0.25) is 5.91 Å². The molecule has 0 spiro atoms. The van der Waals surface area contributed by atoms with Gasteiger partial charge in [0, 0.05) is 6.54 Å². The molecule has 1 aliphatic carbocycles. The molecule has 2 amide bonds. The van der Waals surface area contributed by atoms with E-state index in [1.54, 1.807) is 12.1 Å². The molecule has 0 aromatic heterocycles. The van der Waals surface area contributed by atoms with Gasteiger partial charge in [-0.3, -0.25) is 9.69 Å². The quantitative estimate of drug-likeness (QED) is 0.802. The molecule has 3 rings (SSSR count). The lowest BCUT2D eigenvalue weighted by atomic mass is 10.2. The van der Waals surface area contributed by atoms with Crippen molar-refractivity contribution >= 4 is 33.4 Å². The highest BCUT2D eigenvalue weighted by Crippen LogP contribution is 2.36. The van der Waals surface area contributed by atoms with Crippen molar-refractivity contribution in [2.24, 2.45) is 0 Å². The number of carbonyl (C=O) groups excluding carboxylic acids is 2. The van der Waals surface area contributed by atoms with Gasteiger partial charge in [-0.05, 0) is 31.4 Å². The maximum atomic E-state index is 13.0. The van der Waals surface area contributed by atoms with Crippen LogP contribution in [0.1, 0.15) is 19.3 Å². The molecule has 1 aromatic carbocycles. The normalized spacial score (nSPS) is 23.4. The van der Waals surface area contributed by atoms with Crippen LogP contribution >= 0.6 is 11.6 Å². The van der Waals surface area contributed by atoms with Crippen molar-refractivity contribution in [3.63, 3.8) is 0 Å². The van der Waals surface area contributed by atoms with E-state index in [0.717, 1.165) is 12.0 Å². The van der Waals surface area contributed by atoms with Gasteiger partial charge in [0.1, 0.15) is 11.6 Å². The standard InChI is InChI=1S/C17H18ClN3O5S/c1-26-16(23)21-9-11(27(24,25)14-5-3-2-4-12(14)18)8-13(21)15(22)20-17(10-19)6-7-17/h2-5,11,13H,6-9H2,1H3,(H,20,22). The molecule has 2 unspecified atom stereocenters. The van der Waals surface area contributed by atoms with Crippen LogP contribution in [0.2, 0.25) is 5.02 Å². The lowest BCUT2D eigenvalue weighted by Crippen LogP contribution is -2.49. The van der Waals surface area contributed by atoms with Gasteiger partial charge in [0.05, 0.1) is 28.3 Å². The van der Waals surface area contributed by atoms with Crippen molar-refractivity contribution in [1.29, 1.82) is 5.26 Å². The van der Waals surface area contributed by atoms with Crippen LogP contribution in [0.5, 0.6) is 0 Å². The molecule has 1 heterocycles. The number of hydrogen-bond donors (Lipinski definition) is 1. The molecule has 0 bridgehead atoms. The predicted octanol–water partition coefficient (Wildman–Crippen LogP) is 1.50. The van der Waals surface area contributed by atoms with E-state index < -0.39 is 38.7 Å². The molecule has 1 aromatic rings. The van der Waals surface area contributed by atoms with E-state index in [0.29, 0.717) is 12.8 Å². The Labute approximate surface area is 162 Å². The summed E-state index contributed by atoms with van der Waals surface area (Å²) < 4.78 is 30.7. The first-order valence-corrected chi connectivity index (χ1v) is 10.2. The molecule has 27 heavy (non-hydrogen) atoms. The van der Waals surface area contributed by atoms with Crippen LogP contribution in [0.4, 0.5) is 4.79 Å². The zero-order valence-electron chi connectivity index (χ0n) is 14.5. The summed E-state index contributed by atoms with van der Waals surface area (Å²) in [5.41, 5.74) is -0.918. The number of methoxy groups -OCH3 is 1. The molecule has 144 valence electrons. The fraction of sp³-hybridized carbons (Fsp3) is 0.471. The number of halogens is 1. The zero-order valence-corrected chi connectivity index (χ0v) is 16.1. The van der Waals surface area contributed by atoms with E-state index in [1.165, 1.54) is 12.1 Å². The van der Waals surface area contributed by atoms with Crippen molar-refractivity contribution in [2.45, 2.75) is 41.0 Å². The van der Waals surface area contributed by atoms with Crippen LogP contribution in [0.25, 0.3) is 0 Å². The summed E-state index contributed by atoms with van der Waals surface area (Å²) in [5.74, 6) is -0.559. The number of benzene rings is 1. The van der Waals surface area contributed by atoms with Gasteiger partial charge in [-0.2, -0.15) is 5.26 Å². The van der Waals surface area contributed by atoms with E-state index in [2.05, 4.69) is 5.32 Å². The number of likely N-dealkylation sites (tertiary alicyclic amines) is 1. The number of nitrogens with one attached hydrogen (secondary N) is 1. The number of nitrogens with zero attached hydrogens (tertiary/aromatic N) is 2. The Morgan fingerprint density at radius 2 is 2.04 bits per heavy atom. The molecule has 1 N–H and O–H groups in total. The Kier molecular flexibility index (Phi) is 5.06. The number of amides is 2. The summed E-state index contributed by atoms with van der Waals surface area (Å²) in [6.45, 7) is -0.197. The molecule has 2 aliphatic rings. The highest BCUT2D eigenvalue weighted by molar-refractivity contribution is 7.92. The van der Waals surface area contributed by atoms with E-state index in [4.69, 9.17) is 21.6 Å². The molecule has 2 fully saturated rings. The Morgan fingerprint density at radius 3 is 2.59 bits per heavy atom. The van der Waals surface area contributed by atoms with Crippen molar-refractivity contribution in [1.82, 2.24) is 10.2 Å². The van der Waals surface area contributed by atoms with Crippen LogP contribution in [0, 0.1) is 11.3 Å². The number of nitriles is 1. The summed E-state index contributed by atoms with van der Waals surface area (Å²) >= 11 is 6.03. The van der Waals surface area contributed by atoms with Gasteiger partial charge in [0.25, 0.3) is 0 Å². The van der Waals surface area contributed by atoms with Crippen LogP contribution < -0.4 is 5.32 Å². The maximum absolute atomic E-state index is 13.0. The molecule has 10 heteroatoms. The number of hydrogen-bond acceptors (Lipinski definition) is 6. The third-order valence-corrected chi connectivity index (χ3v) is 7.51. The topological polar surface area (TPSA) is 117 Å². The molecular weight excluding hydrogens is 394 g/mol. The van der Waals surface area contributed by atoms with Gasteiger partial charge >= 0.3 is 6.09 Å². The third kappa shape index (κ3) is 3.59. The SMILES string of the molecule is COC(=O)N1CC(S(=O)(=O)c2ccccc2Cl)CC1C(=O)NC1(C#N)CC1. The maximum Gasteiger partial charge on any atom is 0.410 e. The van der Waals surface area contributed by atoms with Crippen molar-refractivity contribution in [3.8, 4) is 6.07 Å². The minimum atomic E-state index is -3.87. The molecule has 8 nitrogen and oxygen atoms in total. The van der Waals surface area contributed by atoms with E-state index in [1.807, 2.05) is 6.07 Å². The van der Waals surface area contributed by atoms with E-state index in [9.17, 15) is 18.0 Å². The van der Waals surface area contributed by atoms with E-state index >= 15 is 0 Å². The van der Waals surface area contributed by atoms with Crippen molar-refractivity contribution in [3.05, 3.63) is 29.3 Å². The van der Waals surface area contributed by atoms with E-state index in [-0.39, 0.29) is 22.9 Å². The monoisotopic (exact) mass is 411 g/mol. The lowest BCUT2D eigenvalue weighted by molar-refractivity contribution is -0.125. The first-order valence-electron chi connectivity index (χ1n) is 8.30. The number of sulfone groups is 1. The average Bonchev–Trinajstić information content (AvgIpc) is 3.26. The second kappa shape index (κ2) is 7.02. The molecule has 0 radical (unpaired) electrons. The summed E-state index contributed by atoms with van der Waals surface area (Å²) in [4.78, 5) is 25.8. The first-order chi connectivity index (χ1) is 12.7. The zero-order chi connectivity index (χ0) is 19.8. The Balaban J connectivity index is 1.87. The number of carbonyl (C=O) groups is 2. The first kappa shape index (κ1) is 19.5.